The molecular formula is C25H30N3O3SSi. The van der Waals surface area contributed by atoms with Crippen LogP contribution in [0.2, 0.25) is 0 Å². The Labute approximate surface area is 201 Å². The summed E-state index contributed by atoms with van der Waals surface area (Å²) >= 11 is 1.46. The molecule has 2 unspecified atom stereocenters. The number of carbonyl (C=O) groups excluding carboxylic acids is 1. The van der Waals surface area contributed by atoms with E-state index in [4.69, 9.17) is 9.26 Å². The van der Waals surface area contributed by atoms with Crippen molar-refractivity contribution in [1.82, 2.24) is 10.5 Å². The minimum absolute atomic E-state index is 0.0773. The van der Waals surface area contributed by atoms with E-state index in [1.807, 2.05) is 19.1 Å². The molecule has 2 heterocycles. The van der Waals surface area contributed by atoms with Crippen LogP contribution >= 0.6 is 11.3 Å². The predicted octanol–water partition coefficient (Wildman–Crippen LogP) is 3.46. The van der Waals surface area contributed by atoms with Crippen LogP contribution in [0.5, 0.6) is 0 Å². The van der Waals surface area contributed by atoms with Gasteiger partial charge in [0.1, 0.15) is 11.9 Å². The first-order chi connectivity index (χ1) is 15.9. The van der Waals surface area contributed by atoms with Crippen LogP contribution in [-0.4, -0.2) is 39.3 Å². The molecule has 1 aromatic heterocycles. The van der Waals surface area contributed by atoms with Gasteiger partial charge in [0.05, 0.1) is 6.61 Å². The zero-order valence-electron chi connectivity index (χ0n) is 19.4. The van der Waals surface area contributed by atoms with Crippen LogP contribution < -0.4 is 20.8 Å². The van der Waals surface area contributed by atoms with E-state index in [1.54, 1.807) is 5.38 Å². The Kier molecular flexibility index (Phi) is 7.28. The summed E-state index contributed by atoms with van der Waals surface area (Å²) in [6, 6.07) is 20.9. The van der Waals surface area contributed by atoms with Crippen molar-refractivity contribution in [2.24, 2.45) is 11.3 Å². The van der Waals surface area contributed by atoms with Crippen molar-refractivity contribution in [3.05, 3.63) is 71.7 Å². The smallest absolute Gasteiger partial charge is 0.294 e. The maximum atomic E-state index is 12.3. The Bertz CT molecular complexity index is 1020. The number of hydrogen-bond donors (Lipinski definition) is 1. The molecular weight excluding hydrogens is 450 g/mol. The van der Waals surface area contributed by atoms with Gasteiger partial charge >= 0.3 is 0 Å². The second-order valence-electron chi connectivity index (χ2n) is 9.07. The van der Waals surface area contributed by atoms with Crippen LogP contribution in [-0.2, 0) is 9.26 Å². The van der Waals surface area contributed by atoms with Gasteiger partial charge in [0.2, 0.25) is 0 Å². The Balaban J connectivity index is 1.62. The number of nitrogens with zero attached hydrogens (tertiary/aromatic N) is 2. The highest BCUT2D eigenvalue weighted by Gasteiger charge is 2.48. The molecule has 3 aromatic rings. The standard InChI is InChI=1S/C25H30N3O3SSi/c1-5-30-27-22(29)21-17-32-24(26-21)28-16-20(25(2,3)4)23(28)31-33(18-12-8-6-9-13-18)19-14-10-7-11-15-19/h6-15,17,20,23H,5,16H2,1-4H3,(H,27,29). The first kappa shape index (κ1) is 23.6. The van der Waals surface area contributed by atoms with Crippen molar-refractivity contribution in [3.8, 4) is 0 Å². The average molecular weight is 481 g/mol. The van der Waals surface area contributed by atoms with Gasteiger partial charge in [-0.3, -0.25) is 9.63 Å². The van der Waals surface area contributed by atoms with Crippen molar-refractivity contribution in [3.63, 3.8) is 0 Å². The molecule has 173 valence electrons. The third-order valence-corrected chi connectivity index (χ3v) is 8.82. The van der Waals surface area contributed by atoms with Crippen LogP contribution in [0.3, 0.4) is 0 Å². The van der Waals surface area contributed by atoms with Gasteiger partial charge in [-0.05, 0) is 22.7 Å². The summed E-state index contributed by atoms with van der Waals surface area (Å²) in [7, 11) is -1.48. The monoisotopic (exact) mass is 480 g/mol. The third-order valence-electron chi connectivity index (χ3n) is 5.75. The van der Waals surface area contributed by atoms with Crippen molar-refractivity contribution >= 4 is 41.8 Å². The van der Waals surface area contributed by atoms with E-state index in [0.29, 0.717) is 18.2 Å². The fourth-order valence-electron chi connectivity index (χ4n) is 3.81. The van der Waals surface area contributed by atoms with Gasteiger partial charge in [-0.25, -0.2) is 10.5 Å². The van der Waals surface area contributed by atoms with Crippen molar-refractivity contribution < 1.29 is 14.1 Å². The maximum absolute atomic E-state index is 12.3. The maximum Gasteiger partial charge on any atom is 0.294 e. The molecule has 0 bridgehead atoms. The molecule has 1 saturated heterocycles. The van der Waals surface area contributed by atoms with Crippen LogP contribution in [0, 0.1) is 11.3 Å². The Morgan fingerprint density at radius 1 is 1.12 bits per heavy atom. The van der Waals surface area contributed by atoms with Crippen LogP contribution in [0.4, 0.5) is 5.13 Å². The number of thiazole rings is 1. The van der Waals surface area contributed by atoms with Gasteiger partial charge in [0, 0.05) is 17.8 Å². The van der Waals surface area contributed by atoms with Crippen molar-refractivity contribution in [2.75, 3.05) is 18.1 Å². The number of anilines is 1. The minimum Gasteiger partial charge on any atom is -0.387 e. The van der Waals surface area contributed by atoms with Crippen LogP contribution in [0.15, 0.2) is 66.0 Å². The van der Waals surface area contributed by atoms with Gasteiger partial charge in [0.25, 0.3) is 14.9 Å². The second-order valence-corrected chi connectivity index (χ2v) is 12.0. The largest absolute Gasteiger partial charge is 0.387 e. The number of hydroxylamine groups is 1. The Hall–Kier alpha value is -2.52. The van der Waals surface area contributed by atoms with Crippen LogP contribution in [0.1, 0.15) is 38.2 Å². The van der Waals surface area contributed by atoms with Crippen molar-refractivity contribution in [1.29, 1.82) is 0 Å². The Morgan fingerprint density at radius 2 is 1.73 bits per heavy atom. The molecule has 1 aliphatic heterocycles. The molecule has 1 N–H and O–H groups in total. The number of rotatable bonds is 8. The molecule has 0 aliphatic carbocycles. The second kappa shape index (κ2) is 10.2. The molecule has 1 fully saturated rings. The minimum atomic E-state index is -1.48. The van der Waals surface area contributed by atoms with E-state index in [9.17, 15) is 4.79 Å². The topological polar surface area (TPSA) is 63.7 Å². The lowest BCUT2D eigenvalue weighted by Gasteiger charge is -2.53. The van der Waals surface area contributed by atoms with Crippen LogP contribution in [0.25, 0.3) is 0 Å². The molecule has 4 rings (SSSR count). The summed E-state index contributed by atoms with van der Waals surface area (Å²) in [5, 5.41) is 4.99. The van der Waals surface area contributed by atoms with Gasteiger partial charge in [-0.15, -0.1) is 11.3 Å². The number of hydrogen-bond acceptors (Lipinski definition) is 6. The molecule has 2 aromatic carbocycles. The summed E-state index contributed by atoms with van der Waals surface area (Å²) < 4.78 is 6.97. The van der Waals surface area contributed by atoms with E-state index < -0.39 is 9.04 Å². The third kappa shape index (κ3) is 5.35. The lowest BCUT2D eigenvalue weighted by atomic mass is 9.74. The van der Waals surface area contributed by atoms with Crippen molar-refractivity contribution in [2.45, 2.75) is 33.9 Å². The highest BCUT2D eigenvalue weighted by molar-refractivity contribution is 7.14. The SMILES string of the molecule is CCONC(=O)c1csc(N2CC(C(C)(C)C)C2O[Si](c2ccccc2)c2ccccc2)n1. The number of amides is 1. The molecule has 8 heteroatoms. The van der Waals surface area contributed by atoms with E-state index in [0.717, 1.165) is 11.7 Å². The number of nitrogens with one attached hydrogen (secondary N) is 1. The molecule has 6 nitrogen and oxygen atoms in total. The summed E-state index contributed by atoms with van der Waals surface area (Å²) in [6.07, 6.45) is -0.117. The Morgan fingerprint density at radius 3 is 2.27 bits per heavy atom. The molecule has 33 heavy (non-hydrogen) atoms. The highest BCUT2D eigenvalue weighted by atomic mass is 32.1. The molecule has 1 amide bonds. The van der Waals surface area contributed by atoms with Gasteiger partial charge < -0.3 is 9.33 Å². The first-order valence-corrected chi connectivity index (χ1v) is 13.5. The molecule has 2 atom stereocenters. The molecule has 1 aliphatic rings. The average Bonchev–Trinajstić information content (AvgIpc) is 3.27. The summed E-state index contributed by atoms with van der Waals surface area (Å²) in [4.78, 5) is 24.1. The quantitative estimate of drug-likeness (QED) is 0.395. The number of carbonyl (C=O) groups is 1. The summed E-state index contributed by atoms with van der Waals surface area (Å²) in [6.45, 7) is 9.83. The zero-order valence-corrected chi connectivity index (χ0v) is 21.3. The normalized spacial score (nSPS) is 18.3. The lowest BCUT2D eigenvalue weighted by Crippen LogP contribution is -2.65. The van der Waals surface area contributed by atoms with Gasteiger partial charge in [-0.1, -0.05) is 81.4 Å². The van der Waals surface area contributed by atoms with E-state index in [2.05, 4.69) is 84.7 Å². The lowest BCUT2D eigenvalue weighted by molar-refractivity contribution is 0.00490. The molecule has 0 spiro atoms. The highest BCUT2D eigenvalue weighted by Crippen LogP contribution is 2.43. The predicted molar refractivity (Wildman–Crippen MR) is 134 cm³/mol. The van der Waals surface area contributed by atoms with Gasteiger partial charge in [-0.2, -0.15) is 0 Å². The summed E-state index contributed by atoms with van der Waals surface area (Å²) in [5.74, 6) is 0.0116. The van der Waals surface area contributed by atoms with E-state index in [1.165, 1.54) is 21.7 Å². The fraction of sp³-hybridized carbons (Fsp3) is 0.360. The van der Waals surface area contributed by atoms with E-state index in [-0.39, 0.29) is 17.6 Å². The summed E-state index contributed by atoms with van der Waals surface area (Å²) in [5.41, 5.74) is 2.85. The number of benzene rings is 2. The zero-order chi connectivity index (χ0) is 23.4. The number of aromatic nitrogens is 1. The van der Waals surface area contributed by atoms with Gasteiger partial charge in [0.15, 0.2) is 5.13 Å². The van der Waals surface area contributed by atoms with E-state index >= 15 is 0 Å². The first-order valence-electron chi connectivity index (χ1n) is 11.2. The molecule has 1 radical (unpaired) electrons. The molecule has 0 saturated carbocycles. The fourth-order valence-corrected chi connectivity index (χ4v) is 6.78.